The van der Waals surface area contributed by atoms with Gasteiger partial charge in [-0.3, -0.25) is 0 Å². The molecule has 1 N–H and O–H groups in total. The van der Waals surface area contributed by atoms with E-state index in [1.165, 1.54) is 19.0 Å². The Balaban J connectivity index is 1.79. The smallest absolute Gasteiger partial charge is 0.228 e. The van der Waals surface area contributed by atoms with Crippen molar-refractivity contribution in [1.29, 1.82) is 0 Å². The van der Waals surface area contributed by atoms with Gasteiger partial charge in [-0.1, -0.05) is 28.4 Å². The summed E-state index contributed by atoms with van der Waals surface area (Å²) in [5.41, 5.74) is 0.485. The highest BCUT2D eigenvalue weighted by molar-refractivity contribution is 6.35. The topological polar surface area (TPSA) is 63.8 Å². The molecule has 3 rings (SSSR count). The summed E-state index contributed by atoms with van der Waals surface area (Å²) in [5.74, 6) is 1.71. The normalized spacial score (nSPS) is 16.4. The molecule has 0 aromatic carbocycles. The van der Waals surface area contributed by atoms with Crippen molar-refractivity contribution in [3.63, 3.8) is 0 Å². The SMILES string of the molecule is CNC(Cc1nc(-c2ncc(Cl)cc2Cl)no1)C1CC1. The summed E-state index contributed by atoms with van der Waals surface area (Å²) in [6, 6.07) is 2.00. The quantitative estimate of drug-likeness (QED) is 0.919. The first-order valence-corrected chi connectivity index (χ1v) is 7.24. The predicted octanol–water partition coefficient (Wildman–Crippen LogP) is 2.98. The molecule has 1 aliphatic carbocycles. The van der Waals surface area contributed by atoms with Gasteiger partial charge in [0.05, 0.1) is 10.0 Å². The molecule has 1 fully saturated rings. The van der Waals surface area contributed by atoms with Crippen molar-refractivity contribution in [2.24, 2.45) is 5.92 Å². The maximum atomic E-state index is 6.09. The highest BCUT2D eigenvalue weighted by Crippen LogP contribution is 2.34. The highest BCUT2D eigenvalue weighted by atomic mass is 35.5. The summed E-state index contributed by atoms with van der Waals surface area (Å²) in [6.07, 6.45) is 4.76. The van der Waals surface area contributed by atoms with E-state index in [2.05, 4.69) is 20.4 Å². The van der Waals surface area contributed by atoms with Gasteiger partial charge in [0.2, 0.25) is 11.7 Å². The number of nitrogens with zero attached hydrogens (tertiary/aromatic N) is 3. The maximum Gasteiger partial charge on any atom is 0.228 e. The van der Waals surface area contributed by atoms with Gasteiger partial charge in [-0.15, -0.1) is 0 Å². The number of pyridine rings is 1. The van der Waals surface area contributed by atoms with Crippen molar-refractivity contribution in [3.05, 3.63) is 28.2 Å². The van der Waals surface area contributed by atoms with E-state index in [9.17, 15) is 0 Å². The Kier molecular flexibility index (Phi) is 3.92. The lowest BCUT2D eigenvalue weighted by atomic mass is 10.1. The fourth-order valence-corrected chi connectivity index (χ4v) is 2.67. The fraction of sp³-hybridized carbons (Fsp3) is 0.462. The Labute approximate surface area is 126 Å². The molecule has 0 saturated heterocycles. The molecule has 5 nitrogen and oxygen atoms in total. The van der Waals surface area contributed by atoms with Crippen molar-refractivity contribution in [2.45, 2.75) is 25.3 Å². The minimum Gasteiger partial charge on any atom is -0.339 e. The van der Waals surface area contributed by atoms with E-state index < -0.39 is 0 Å². The largest absolute Gasteiger partial charge is 0.339 e. The van der Waals surface area contributed by atoms with Crippen LogP contribution in [0.3, 0.4) is 0 Å². The lowest BCUT2D eigenvalue weighted by Gasteiger charge is -2.11. The number of halogens is 2. The van der Waals surface area contributed by atoms with Gasteiger partial charge in [0, 0.05) is 18.7 Å². The van der Waals surface area contributed by atoms with Crippen LogP contribution in [0.25, 0.3) is 11.5 Å². The van der Waals surface area contributed by atoms with Gasteiger partial charge in [-0.2, -0.15) is 4.98 Å². The van der Waals surface area contributed by atoms with Gasteiger partial charge in [-0.25, -0.2) is 4.98 Å². The van der Waals surface area contributed by atoms with Crippen LogP contribution in [-0.4, -0.2) is 28.2 Å². The van der Waals surface area contributed by atoms with Crippen LogP contribution in [0, 0.1) is 5.92 Å². The van der Waals surface area contributed by atoms with Crippen LogP contribution in [0.2, 0.25) is 10.0 Å². The van der Waals surface area contributed by atoms with Gasteiger partial charge in [0.1, 0.15) is 5.69 Å². The first-order valence-electron chi connectivity index (χ1n) is 6.48. The minimum absolute atomic E-state index is 0.386. The second kappa shape index (κ2) is 5.68. The Hall–Kier alpha value is -1.17. The van der Waals surface area contributed by atoms with Crippen molar-refractivity contribution < 1.29 is 4.52 Å². The summed E-state index contributed by atoms with van der Waals surface area (Å²) in [7, 11) is 1.96. The molecule has 20 heavy (non-hydrogen) atoms. The van der Waals surface area contributed by atoms with Crippen LogP contribution in [0.15, 0.2) is 16.8 Å². The van der Waals surface area contributed by atoms with Crippen molar-refractivity contribution in [3.8, 4) is 11.5 Å². The van der Waals surface area contributed by atoms with E-state index in [4.69, 9.17) is 27.7 Å². The van der Waals surface area contributed by atoms with Crippen LogP contribution < -0.4 is 5.32 Å². The Morgan fingerprint density at radius 3 is 2.90 bits per heavy atom. The van der Waals surface area contributed by atoms with Crippen LogP contribution >= 0.6 is 23.2 Å². The molecule has 1 aliphatic rings. The maximum absolute atomic E-state index is 6.09. The Morgan fingerprint density at radius 1 is 1.45 bits per heavy atom. The Morgan fingerprint density at radius 2 is 2.25 bits per heavy atom. The average molecular weight is 313 g/mol. The van der Waals surface area contributed by atoms with E-state index >= 15 is 0 Å². The van der Waals surface area contributed by atoms with Gasteiger partial charge >= 0.3 is 0 Å². The number of rotatable bonds is 5. The molecule has 0 aliphatic heterocycles. The lowest BCUT2D eigenvalue weighted by molar-refractivity contribution is 0.352. The van der Waals surface area contributed by atoms with E-state index in [-0.39, 0.29) is 0 Å². The fourth-order valence-electron chi connectivity index (χ4n) is 2.20. The zero-order valence-electron chi connectivity index (χ0n) is 10.9. The average Bonchev–Trinajstić information content (AvgIpc) is 3.16. The molecular weight excluding hydrogens is 299 g/mol. The van der Waals surface area contributed by atoms with Crippen molar-refractivity contribution in [2.75, 3.05) is 7.05 Å². The summed E-state index contributed by atoms with van der Waals surface area (Å²) in [6.45, 7) is 0. The Bertz CT molecular complexity index is 612. The monoisotopic (exact) mass is 312 g/mol. The van der Waals surface area contributed by atoms with Crippen molar-refractivity contribution >= 4 is 23.2 Å². The molecule has 2 heterocycles. The molecule has 1 saturated carbocycles. The molecule has 106 valence electrons. The lowest BCUT2D eigenvalue weighted by Crippen LogP contribution is -2.29. The van der Waals surface area contributed by atoms with Crippen LogP contribution in [0.4, 0.5) is 0 Å². The summed E-state index contributed by atoms with van der Waals surface area (Å²) in [4.78, 5) is 8.50. The summed E-state index contributed by atoms with van der Waals surface area (Å²) >= 11 is 11.9. The van der Waals surface area contributed by atoms with Gasteiger partial charge < -0.3 is 9.84 Å². The third kappa shape index (κ3) is 2.95. The molecule has 0 radical (unpaired) electrons. The number of hydrogen-bond donors (Lipinski definition) is 1. The third-order valence-corrected chi connectivity index (χ3v) is 3.94. The molecule has 2 aromatic heterocycles. The number of aromatic nitrogens is 3. The predicted molar refractivity (Wildman–Crippen MR) is 76.8 cm³/mol. The second-order valence-corrected chi connectivity index (χ2v) is 5.78. The summed E-state index contributed by atoms with van der Waals surface area (Å²) < 4.78 is 5.28. The first-order chi connectivity index (χ1) is 9.67. The van der Waals surface area contributed by atoms with E-state index in [0.29, 0.717) is 39.4 Å². The van der Waals surface area contributed by atoms with Gasteiger partial charge in [0.25, 0.3) is 0 Å². The third-order valence-electron chi connectivity index (χ3n) is 3.44. The zero-order chi connectivity index (χ0) is 14.1. The highest BCUT2D eigenvalue weighted by Gasteiger charge is 2.31. The number of likely N-dealkylation sites (N-methyl/N-ethyl adjacent to an activating group) is 1. The molecular formula is C13H14Cl2N4O. The molecule has 0 spiro atoms. The molecule has 7 heteroatoms. The standard InChI is InChI=1S/C13H14Cl2N4O/c1-16-10(7-2-3-7)5-11-18-13(19-20-11)12-9(15)4-8(14)6-17-12/h4,6-7,10,16H,2-3,5H2,1H3. The van der Waals surface area contributed by atoms with Crippen LogP contribution in [-0.2, 0) is 6.42 Å². The molecule has 0 bridgehead atoms. The van der Waals surface area contributed by atoms with Crippen LogP contribution in [0.1, 0.15) is 18.7 Å². The minimum atomic E-state index is 0.386. The molecule has 2 aromatic rings. The zero-order valence-corrected chi connectivity index (χ0v) is 12.4. The molecule has 0 amide bonds. The number of hydrogen-bond acceptors (Lipinski definition) is 5. The van der Waals surface area contributed by atoms with Gasteiger partial charge in [-0.05, 0) is 31.9 Å². The number of nitrogens with one attached hydrogen (secondary N) is 1. The first kappa shape index (κ1) is 13.8. The van der Waals surface area contributed by atoms with E-state index in [0.717, 1.165) is 6.42 Å². The molecule has 1 unspecified atom stereocenters. The second-order valence-electron chi connectivity index (χ2n) is 4.93. The van der Waals surface area contributed by atoms with E-state index in [1.54, 1.807) is 6.07 Å². The summed E-state index contributed by atoms with van der Waals surface area (Å²) in [5, 5.41) is 8.13. The van der Waals surface area contributed by atoms with E-state index in [1.807, 2.05) is 7.05 Å². The van der Waals surface area contributed by atoms with Crippen LogP contribution in [0.5, 0.6) is 0 Å². The van der Waals surface area contributed by atoms with Crippen molar-refractivity contribution in [1.82, 2.24) is 20.4 Å². The van der Waals surface area contributed by atoms with Gasteiger partial charge in [0.15, 0.2) is 0 Å². The molecule has 1 atom stereocenters.